The third-order valence-corrected chi connectivity index (χ3v) is 2.93. The van der Waals surface area contributed by atoms with Gasteiger partial charge in [0, 0.05) is 16.7 Å². The Morgan fingerprint density at radius 2 is 1.33 bits per heavy atom. The van der Waals surface area contributed by atoms with E-state index in [2.05, 4.69) is 0 Å². The molecule has 0 aromatic heterocycles. The molecule has 2 aromatic rings. The van der Waals surface area contributed by atoms with Gasteiger partial charge in [-0.15, -0.1) is 0 Å². The molecule has 0 amide bonds. The van der Waals surface area contributed by atoms with Crippen molar-refractivity contribution in [2.24, 2.45) is 0 Å². The van der Waals surface area contributed by atoms with Gasteiger partial charge in [0.15, 0.2) is 11.6 Å². The number of hydrogen-bond acceptors (Lipinski definition) is 3. The predicted molar refractivity (Wildman–Crippen MR) is 62.5 cm³/mol. The minimum atomic E-state index is -0.298. The molecule has 18 heavy (non-hydrogen) atoms. The van der Waals surface area contributed by atoms with Gasteiger partial charge in [0.1, 0.15) is 5.75 Å². The largest absolute Gasteiger partial charge is 1.00 e. The molecular weight excluding hydrogens is 239 g/mol. The zero-order valence-electron chi connectivity index (χ0n) is 10.8. The number of phenolic OH excluding ortho intramolecular Hbond substituents is 1. The van der Waals surface area contributed by atoms with Crippen LogP contribution in [-0.2, 0) is 0 Å². The second-order valence-electron chi connectivity index (χ2n) is 3.90. The van der Waals surface area contributed by atoms with Gasteiger partial charge in [-0.3, -0.25) is 9.59 Å². The Morgan fingerprint density at radius 1 is 0.778 bits per heavy atom. The van der Waals surface area contributed by atoms with E-state index in [1.165, 1.54) is 6.07 Å². The van der Waals surface area contributed by atoms with Gasteiger partial charge in [-0.05, 0) is 6.07 Å². The zero-order chi connectivity index (χ0) is 12.0. The number of carbonyl (C=O) groups is 2. The summed E-state index contributed by atoms with van der Waals surface area (Å²) in [4.78, 5) is 24.3. The first-order valence-electron chi connectivity index (χ1n) is 5.20. The molecule has 84 valence electrons. The number of phenols is 1. The number of rotatable bonds is 0. The van der Waals surface area contributed by atoms with Crippen molar-refractivity contribution in [1.29, 1.82) is 0 Å². The summed E-state index contributed by atoms with van der Waals surface area (Å²) in [6.45, 7) is 0. The molecule has 3 rings (SSSR count). The van der Waals surface area contributed by atoms with Gasteiger partial charge in [-0.2, -0.15) is 0 Å². The van der Waals surface area contributed by atoms with Crippen LogP contribution in [0.25, 0.3) is 0 Å². The van der Waals surface area contributed by atoms with Crippen molar-refractivity contribution in [1.82, 2.24) is 0 Å². The number of aromatic hydroxyl groups is 1. The summed E-state index contributed by atoms with van der Waals surface area (Å²) in [5.74, 6) is -0.658. The fraction of sp³-hybridized carbons (Fsp3) is 0. The second-order valence-corrected chi connectivity index (χ2v) is 3.90. The van der Waals surface area contributed by atoms with E-state index in [9.17, 15) is 14.7 Å². The van der Waals surface area contributed by atoms with Crippen LogP contribution in [0.15, 0.2) is 42.5 Å². The first-order chi connectivity index (χ1) is 8.20. The first-order valence-corrected chi connectivity index (χ1v) is 5.20. The Balaban J connectivity index is 0.000000902. The van der Waals surface area contributed by atoms with Gasteiger partial charge in [0.25, 0.3) is 0 Å². The van der Waals surface area contributed by atoms with Crippen LogP contribution < -0.4 is 29.6 Å². The normalized spacial score (nSPS) is 12.4. The van der Waals surface area contributed by atoms with Crippen LogP contribution in [-0.4, -0.2) is 16.7 Å². The number of carbonyl (C=O) groups excluding carboxylic acids is 2. The van der Waals surface area contributed by atoms with E-state index in [1.54, 1.807) is 36.4 Å². The van der Waals surface area contributed by atoms with Crippen LogP contribution in [0.1, 0.15) is 33.3 Å². The average molecular weight is 248 g/mol. The molecule has 1 aliphatic rings. The Bertz CT molecular complexity index is 667. The van der Waals surface area contributed by atoms with Gasteiger partial charge >= 0.3 is 29.6 Å². The molecule has 4 heteroatoms. The molecule has 2 aromatic carbocycles. The molecule has 0 aliphatic heterocycles. The zero-order valence-corrected chi connectivity index (χ0v) is 11.8. The summed E-state index contributed by atoms with van der Waals surface area (Å²) in [5, 5.41) is 9.70. The SMILES string of the molecule is O=C1c2ccccc2C(=O)c2c(O)cccc21.[H-].[Na+]. The maximum absolute atomic E-state index is 12.2. The fourth-order valence-electron chi connectivity index (χ4n) is 2.13. The van der Waals surface area contributed by atoms with Gasteiger partial charge in [0.05, 0.1) is 5.56 Å². The Morgan fingerprint density at radius 3 is 2.00 bits per heavy atom. The summed E-state index contributed by atoms with van der Waals surface area (Å²) in [7, 11) is 0. The van der Waals surface area contributed by atoms with Gasteiger partial charge in [0.2, 0.25) is 0 Å². The standard InChI is InChI=1S/C14H8O3.Na.H/c15-11-7-3-6-10-12(11)14(17)9-5-2-1-4-8(9)13(10)16;;/h1-7,15H;;/q;+1;-1. The van der Waals surface area contributed by atoms with Crippen LogP contribution in [0.5, 0.6) is 5.75 Å². The van der Waals surface area contributed by atoms with Crippen molar-refractivity contribution in [3.63, 3.8) is 0 Å². The molecule has 0 saturated heterocycles. The minimum Gasteiger partial charge on any atom is -1.00 e. The van der Waals surface area contributed by atoms with Crippen molar-refractivity contribution in [2.75, 3.05) is 0 Å². The molecular formula is C14H9NaO3. The number of hydrogen-bond donors (Lipinski definition) is 1. The van der Waals surface area contributed by atoms with Crippen LogP contribution in [0, 0.1) is 0 Å². The number of ketones is 2. The molecule has 0 unspecified atom stereocenters. The molecule has 1 N–H and O–H groups in total. The maximum atomic E-state index is 12.2. The topological polar surface area (TPSA) is 54.4 Å². The number of fused-ring (bicyclic) bond motifs is 2. The third kappa shape index (κ3) is 1.72. The second kappa shape index (κ2) is 4.69. The van der Waals surface area contributed by atoms with Gasteiger partial charge < -0.3 is 6.53 Å². The van der Waals surface area contributed by atoms with Crippen molar-refractivity contribution < 1.29 is 45.7 Å². The molecule has 0 radical (unpaired) electrons. The van der Waals surface area contributed by atoms with Crippen LogP contribution in [0.3, 0.4) is 0 Å². The summed E-state index contributed by atoms with van der Waals surface area (Å²) >= 11 is 0. The van der Waals surface area contributed by atoms with E-state index >= 15 is 0 Å². The van der Waals surface area contributed by atoms with Gasteiger partial charge in [-0.1, -0.05) is 36.4 Å². The molecule has 0 heterocycles. The van der Waals surface area contributed by atoms with E-state index < -0.39 is 0 Å². The quantitative estimate of drug-likeness (QED) is 0.534. The van der Waals surface area contributed by atoms with Crippen molar-refractivity contribution in [3.05, 3.63) is 64.7 Å². The minimum absolute atomic E-state index is 0. The van der Waals surface area contributed by atoms with E-state index in [0.29, 0.717) is 11.1 Å². The smallest absolute Gasteiger partial charge is 1.00 e. The van der Waals surface area contributed by atoms with E-state index in [-0.39, 0.29) is 59.4 Å². The Kier molecular flexibility index (Phi) is 3.39. The molecule has 0 saturated carbocycles. The summed E-state index contributed by atoms with van der Waals surface area (Å²) < 4.78 is 0. The van der Waals surface area contributed by atoms with E-state index in [4.69, 9.17) is 0 Å². The first kappa shape index (κ1) is 13.0. The molecule has 0 bridgehead atoms. The van der Waals surface area contributed by atoms with E-state index in [0.717, 1.165) is 0 Å². The Hall–Kier alpha value is -1.42. The van der Waals surface area contributed by atoms with Crippen LogP contribution in [0.4, 0.5) is 0 Å². The third-order valence-electron chi connectivity index (χ3n) is 2.93. The summed E-state index contributed by atoms with van der Waals surface area (Å²) in [5.41, 5.74) is 1.13. The molecule has 0 fully saturated rings. The van der Waals surface area contributed by atoms with Crippen LogP contribution in [0.2, 0.25) is 0 Å². The fourth-order valence-corrected chi connectivity index (χ4v) is 2.13. The van der Waals surface area contributed by atoms with E-state index in [1.807, 2.05) is 0 Å². The summed E-state index contributed by atoms with van der Waals surface area (Å²) in [6, 6.07) is 11.2. The molecule has 0 spiro atoms. The van der Waals surface area contributed by atoms with Crippen molar-refractivity contribution in [2.45, 2.75) is 0 Å². The van der Waals surface area contributed by atoms with Crippen LogP contribution >= 0.6 is 0 Å². The maximum Gasteiger partial charge on any atom is 1.00 e. The van der Waals surface area contributed by atoms with Gasteiger partial charge in [-0.25, -0.2) is 0 Å². The molecule has 1 aliphatic carbocycles. The monoisotopic (exact) mass is 248 g/mol. The predicted octanol–water partition coefficient (Wildman–Crippen LogP) is -0.716. The molecule has 0 atom stereocenters. The van der Waals surface area contributed by atoms with Crippen molar-refractivity contribution >= 4 is 11.6 Å². The molecule has 3 nitrogen and oxygen atoms in total. The number of benzene rings is 2. The Labute approximate surface area is 127 Å². The summed E-state index contributed by atoms with van der Waals surface area (Å²) in [6.07, 6.45) is 0. The average Bonchev–Trinajstić information content (AvgIpc) is 2.36. The van der Waals surface area contributed by atoms with Crippen molar-refractivity contribution in [3.8, 4) is 5.75 Å².